The molecule has 1 aliphatic carbocycles. The third kappa shape index (κ3) is 3.35. The minimum atomic E-state index is -0.321. The Morgan fingerprint density at radius 3 is 2.53 bits per heavy atom. The molecule has 0 bridgehead atoms. The van der Waals surface area contributed by atoms with E-state index in [1.54, 1.807) is 0 Å². The first-order valence-corrected chi connectivity index (χ1v) is 7.68. The lowest BCUT2D eigenvalue weighted by molar-refractivity contribution is -0.148. The minimum absolute atomic E-state index is 0.0801. The summed E-state index contributed by atoms with van der Waals surface area (Å²) in [5.41, 5.74) is 0.697. The van der Waals surface area contributed by atoms with Gasteiger partial charge < -0.3 is 9.64 Å². The van der Waals surface area contributed by atoms with Crippen LogP contribution in [0.25, 0.3) is 0 Å². The molecule has 1 aliphatic heterocycles. The average Bonchev–Trinajstić information content (AvgIpc) is 2.71. The molecule has 1 spiro atoms. The second kappa shape index (κ2) is 6.51. The summed E-state index contributed by atoms with van der Waals surface area (Å²) in [4.78, 5) is 18.7. The summed E-state index contributed by atoms with van der Waals surface area (Å²) >= 11 is 0. The van der Waals surface area contributed by atoms with E-state index in [2.05, 4.69) is 18.7 Å². The van der Waals surface area contributed by atoms with Gasteiger partial charge in [0.15, 0.2) is 5.60 Å². The molecule has 4 nitrogen and oxygen atoms in total. The standard InChI is InChI=1S/C15H26N2O2/c1-3-17(4-2)11-10-16-13-12-14(18)19-15(13)8-6-5-7-9-15/h3-12H2,1-2H3. The number of esters is 1. The van der Waals surface area contributed by atoms with Crippen LogP contribution >= 0.6 is 0 Å². The third-order valence-corrected chi connectivity index (χ3v) is 4.42. The number of nitrogens with zero attached hydrogens (tertiary/aromatic N) is 2. The average molecular weight is 266 g/mol. The first-order valence-electron chi connectivity index (χ1n) is 7.68. The molecule has 0 aromatic heterocycles. The Balaban J connectivity index is 1.98. The van der Waals surface area contributed by atoms with Crippen molar-refractivity contribution in [3.05, 3.63) is 0 Å². The maximum Gasteiger partial charge on any atom is 0.312 e. The van der Waals surface area contributed by atoms with E-state index in [4.69, 9.17) is 9.73 Å². The topological polar surface area (TPSA) is 41.9 Å². The van der Waals surface area contributed by atoms with Gasteiger partial charge in [-0.05, 0) is 38.8 Å². The van der Waals surface area contributed by atoms with Crippen molar-refractivity contribution in [2.24, 2.45) is 4.99 Å². The van der Waals surface area contributed by atoms with Gasteiger partial charge >= 0.3 is 5.97 Å². The van der Waals surface area contributed by atoms with Crippen molar-refractivity contribution >= 4 is 11.7 Å². The molecule has 0 amide bonds. The molecule has 1 heterocycles. The Labute approximate surface area is 116 Å². The number of aliphatic imine (C=N–C) groups is 1. The van der Waals surface area contributed by atoms with Crippen LogP contribution in [0.5, 0.6) is 0 Å². The molecular weight excluding hydrogens is 240 g/mol. The summed E-state index contributed by atoms with van der Waals surface area (Å²) in [5, 5.41) is 0. The van der Waals surface area contributed by atoms with E-state index in [1.807, 2.05) is 0 Å². The number of hydrogen-bond acceptors (Lipinski definition) is 4. The highest BCUT2D eigenvalue weighted by Crippen LogP contribution is 2.38. The van der Waals surface area contributed by atoms with Gasteiger partial charge in [0.1, 0.15) is 0 Å². The zero-order valence-corrected chi connectivity index (χ0v) is 12.3. The lowest BCUT2D eigenvalue weighted by atomic mass is 9.81. The van der Waals surface area contributed by atoms with Crippen LogP contribution in [0, 0.1) is 0 Å². The summed E-state index contributed by atoms with van der Waals surface area (Å²) in [5.74, 6) is -0.0801. The van der Waals surface area contributed by atoms with Crippen LogP contribution in [0.4, 0.5) is 0 Å². The lowest BCUT2D eigenvalue weighted by Crippen LogP contribution is -2.38. The van der Waals surface area contributed by atoms with E-state index < -0.39 is 0 Å². The first-order chi connectivity index (χ1) is 9.20. The smallest absolute Gasteiger partial charge is 0.312 e. The second-order valence-corrected chi connectivity index (χ2v) is 5.56. The van der Waals surface area contributed by atoms with Gasteiger partial charge in [0, 0.05) is 6.54 Å². The second-order valence-electron chi connectivity index (χ2n) is 5.56. The molecule has 108 valence electrons. The predicted octanol–water partition coefficient (Wildman–Crippen LogP) is 2.42. The molecule has 0 radical (unpaired) electrons. The Hall–Kier alpha value is -0.900. The summed E-state index contributed by atoms with van der Waals surface area (Å²) < 4.78 is 5.63. The quantitative estimate of drug-likeness (QED) is 0.718. The van der Waals surface area contributed by atoms with Crippen LogP contribution in [-0.2, 0) is 9.53 Å². The van der Waals surface area contributed by atoms with E-state index in [-0.39, 0.29) is 11.6 Å². The SMILES string of the molecule is CCN(CC)CCN=C1CC(=O)OC12CCCCC2. The van der Waals surface area contributed by atoms with Crippen LogP contribution in [0.1, 0.15) is 52.4 Å². The van der Waals surface area contributed by atoms with Crippen molar-refractivity contribution in [2.75, 3.05) is 26.2 Å². The minimum Gasteiger partial charge on any atom is -0.453 e. The van der Waals surface area contributed by atoms with E-state index >= 15 is 0 Å². The number of ether oxygens (including phenoxy) is 1. The van der Waals surface area contributed by atoms with Crippen LogP contribution in [0.3, 0.4) is 0 Å². The number of hydrogen-bond donors (Lipinski definition) is 0. The van der Waals surface area contributed by atoms with Crippen molar-refractivity contribution in [3.63, 3.8) is 0 Å². The molecular formula is C15H26N2O2. The van der Waals surface area contributed by atoms with Crippen LogP contribution < -0.4 is 0 Å². The van der Waals surface area contributed by atoms with Gasteiger partial charge in [0.05, 0.1) is 18.7 Å². The Morgan fingerprint density at radius 2 is 1.89 bits per heavy atom. The van der Waals surface area contributed by atoms with E-state index in [1.165, 1.54) is 6.42 Å². The molecule has 0 atom stereocenters. The molecule has 2 aliphatic rings. The zero-order valence-electron chi connectivity index (χ0n) is 12.3. The van der Waals surface area contributed by atoms with E-state index in [0.717, 1.165) is 57.6 Å². The van der Waals surface area contributed by atoms with Gasteiger partial charge in [0.2, 0.25) is 0 Å². The molecule has 2 fully saturated rings. The fraction of sp³-hybridized carbons (Fsp3) is 0.867. The Bertz CT molecular complexity index is 342. The van der Waals surface area contributed by atoms with Crippen LogP contribution in [0.2, 0.25) is 0 Å². The molecule has 0 unspecified atom stereocenters. The Morgan fingerprint density at radius 1 is 1.21 bits per heavy atom. The molecule has 4 heteroatoms. The number of rotatable bonds is 5. The molecule has 0 N–H and O–H groups in total. The Kier molecular flexibility index (Phi) is 4.97. The molecule has 1 saturated carbocycles. The van der Waals surface area contributed by atoms with Gasteiger partial charge in [-0.3, -0.25) is 9.79 Å². The largest absolute Gasteiger partial charge is 0.453 e. The fourth-order valence-electron chi connectivity index (χ4n) is 3.19. The van der Waals surface area contributed by atoms with Crippen molar-refractivity contribution in [1.82, 2.24) is 4.90 Å². The highest BCUT2D eigenvalue weighted by atomic mass is 16.6. The van der Waals surface area contributed by atoms with Crippen molar-refractivity contribution in [1.29, 1.82) is 0 Å². The molecule has 19 heavy (non-hydrogen) atoms. The summed E-state index contributed by atoms with van der Waals surface area (Å²) in [7, 11) is 0. The molecule has 0 aromatic rings. The maximum absolute atomic E-state index is 11.6. The van der Waals surface area contributed by atoms with Gasteiger partial charge in [0.25, 0.3) is 0 Å². The third-order valence-electron chi connectivity index (χ3n) is 4.42. The van der Waals surface area contributed by atoms with Crippen LogP contribution in [-0.4, -0.2) is 48.4 Å². The molecule has 2 rings (SSSR count). The summed E-state index contributed by atoms with van der Waals surface area (Å²) in [6.07, 6.45) is 5.93. The number of carbonyl (C=O) groups is 1. The van der Waals surface area contributed by atoms with Crippen molar-refractivity contribution < 1.29 is 9.53 Å². The first kappa shape index (κ1) is 14.5. The summed E-state index contributed by atoms with van der Waals surface area (Å²) in [6, 6.07) is 0. The van der Waals surface area contributed by atoms with Crippen LogP contribution in [0.15, 0.2) is 4.99 Å². The van der Waals surface area contributed by atoms with Gasteiger partial charge in [-0.25, -0.2) is 0 Å². The van der Waals surface area contributed by atoms with Gasteiger partial charge in [-0.15, -0.1) is 0 Å². The fourth-order valence-corrected chi connectivity index (χ4v) is 3.19. The highest BCUT2D eigenvalue weighted by molar-refractivity contribution is 6.09. The summed E-state index contributed by atoms with van der Waals surface area (Å²) in [6.45, 7) is 8.21. The van der Waals surface area contributed by atoms with Crippen molar-refractivity contribution in [3.8, 4) is 0 Å². The van der Waals surface area contributed by atoms with Gasteiger partial charge in [-0.1, -0.05) is 20.3 Å². The van der Waals surface area contributed by atoms with Gasteiger partial charge in [-0.2, -0.15) is 0 Å². The van der Waals surface area contributed by atoms with E-state index in [0.29, 0.717) is 6.42 Å². The van der Waals surface area contributed by atoms with E-state index in [9.17, 15) is 4.79 Å². The highest BCUT2D eigenvalue weighted by Gasteiger charge is 2.46. The molecule has 0 aromatic carbocycles. The monoisotopic (exact) mass is 266 g/mol. The number of carbonyl (C=O) groups excluding carboxylic acids is 1. The normalized spacial score (nSPS) is 24.4. The maximum atomic E-state index is 11.6. The lowest BCUT2D eigenvalue weighted by Gasteiger charge is -2.32. The predicted molar refractivity (Wildman–Crippen MR) is 76.6 cm³/mol. The molecule has 1 saturated heterocycles. The number of likely N-dealkylation sites (N-methyl/N-ethyl adjacent to an activating group) is 1. The zero-order chi connectivity index (χ0) is 13.7. The van der Waals surface area contributed by atoms with Crippen molar-refractivity contribution in [2.45, 2.75) is 58.0 Å².